The van der Waals surface area contributed by atoms with Crippen LogP contribution in [0.15, 0.2) is 61.1 Å². The van der Waals surface area contributed by atoms with Crippen molar-refractivity contribution in [2.24, 2.45) is 5.73 Å². The minimum Gasteiger partial charge on any atom is -0.379 e. The number of nitrogens with one attached hydrogen (secondary N) is 3. The molecule has 3 saturated heterocycles. The van der Waals surface area contributed by atoms with Gasteiger partial charge in [-0.05, 0) is 73.9 Å². The van der Waals surface area contributed by atoms with Gasteiger partial charge in [-0.15, -0.1) is 0 Å². The van der Waals surface area contributed by atoms with Crippen LogP contribution in [0.3, 0.4) is 0 Å². The van der Waals surface area contributed by atoms with Gasteiger partial charge in [-0.2, -0.15) is 0 Å². The molecule has 4 aromatic rings. The van der Waals surface area contributed by atoms with Crippen molar-refractivity contribution in [1.29, 1.82) is 0 Å². The highest BCUT2D eigenvalue weighted by molar-refractivity contribution is 6.30. The van der Waals surface area contributed by atoms with Crippen LogP contribution in [-0.2, 0) is 49.3 Å². The number of halogens is 1. The first-order valence-corrected chi connectivity index (χ1v) is 26.0. The van der Waals surface area contributed by atoms with Crippen LogP contribution in [0.4, 0.5) is 5.82 Å². The maximum Gasteiger partial charge on any atom is 0.262 e. The zero-order chi connectivity index (χ0) is 51.9. The number of aromatic nitrogens is 3. The summed E-state index contributed by atoms with van der Waals surface area (Å²) in [5, 5.41) is 7.06. The number of aryl methyl sites for hydroxylation is 1. The molecule has 6 heterocycles. The Hall–Kier alpha value is -5.91. The third-order valence-electron chi connectivity index (χ3n) is 14.0. The first-order valence-electron chi connectivity index (χ1n) is 25.6. The number of benzene rings is 2. The number of nitrogens with two attached hydrogens (primary N) is 1. The number of H-pyrrole nitrogens is 1. The Kier molecular flexibility index (Phi) is 19.5. The van der Waals surface area contributed by atoms with E-state index in [1.807, 2.05) is 41.4 Å². The molecular formula is C52H67ClN10O11. The Morgan fingerprint density at radius 1 is 0.797 bits per heavy atom. The number of carbonyl (C=O) groups is 6. The zero-order valence-electron chi connectivity index (χ0n) is 41.7. The smallest absolute Gasteiger partial charge is 0.262 e. The van der Waals surface area contributed by atoms with Gasteiger partial charge < -0.3 is 49.5 Å². The quantitative estimate of drug-likeness (QED) is 0.0495. The van der Waals surface area contributed by atoms with Gasteiger partial charge in [0.15, 0.2) is 0 Å². The van der Waals surface area contributed by atoms with E-state index in [1.54, 1.807) is 24.5 Å². The lowest BCUT2D eigenvalue weighted by Crippen LogP contribution is -2.60. The van der Waals surface area contributed by atoms with Crippen molar-refractivity contribution in [1.82, 2.24) is 40.3 Å². The van der Waals surface area contributed by atoms with Crippen molar-refractivity contribution >= 4 is 63.9 Å². The number of anilines is 1. The summed E-state index contributed by atoms with van der Waals surface area (Å²) in [6.45, 7) is 8.49. The summed E-state index contributed by atoms with van der Waals surface area (Å²) in [5.74, 6) is -1.35. The number of hydrogen-bond donors (Lipinski definition) is 4. The van der Waals surface area contributed by atoms with Crippen LogP contribution in [-0.4, -0.2) is 189 Å². The molecule has 3 fully saturated rings. The van der Waals surface area contributed by atoms with E-state index < -0.39 is 35.2 Å². The maximum absolute atomic E-state index is 13.9. The lowest BCUT2D eigenvalue weighted by molar-refractivity contribution is -0.136. The second kappa shape index (κ2) is 26.5. The van der Waals surface area contributed by atoms with Gasteiger partial charge in [0.25, 0.3) is 11.8 Å². The second-order valence-corrected chi connectivity index (χ2v) is 19.3. The largest absolute Gasteiger partial charge is 0.379 e. The topological polar surface area (TPSA) is 253 Å². The van der Waals surface area contributed by atoms with Crippen LogP contribution in [0.25, 0.3) is 11.0 Å². The third-order valence-corrected chi connectivity index (χ3v) is 14.3. The van der Waals surface area contributed by atoms with E-state index in [2.05, 4.69) is 35.4 Å². The number of carbonyl (C=O) groups excluding carboxylic acids is 6. The molecule has 22 heteroatoms. The van der Waals surface area contributed by atoms with Crippen molar-refractivity contribution in [2.45, 2.75) is 69.0 Å². The summed E-state index contributed by atoms with van der Waals surface area (Å²) < 4.78 is 28.1. The monoisotopic (exact) mass is 1040 g/mol. The number of aromatic amines is 1. The third kappa shape index (κ3) is 14.1. The minimum atomic E-state index is -1.02. The molecule has 74 heavy (non-hydrogen) atoms. The predicted octanol–water partition coefficient (Wildman–Crippen LogP) is 2.81. The van der Waals surface area contributed by atoms with Gasteiger partial charge in [0, 0.05) is 70.1 Å². The van der Waals surface area contributed by atoms with Crippen molar-refractivity contribution < 1.29 is 52.5 Å². The molecule has 2 atom stereocenters. The molecule has 2 aromatic heterocycles. The number of ether oxygens (including phenoxy) is 5. The standard InChI is InChI=1S/C52H67ClN10O11/c53-38-8-6-36(7-9-38)41(58-51(69)52(54)15-19-62(20-16-52)47-40-12-17-55-46(40)56-35-57-47)13-18-60-21-23-61(24-22-60)44(65)14-26-71-28-30-73-32-34-74-33-31-72-29-27-70-25-2-4-37-3-1-5-39-45(37)50(68)63(49(39)67)42-10-11-43(64)59-48(42)66/h1,3,5-9,12,17,35,41-42H,2,4,10-11,13-16,18-34,54H2,(H,58,69)(H,55,56,57)(H,59,64,66). The van der Waals surface area contributed by atoms with Crippen molar-refractivity contribution in [2.75, 3.05) is 117 Å². The number of nitrogens with zero attached hydrogens (tertiary/aromatic N) is 6. The molecule has 21 nitrogen and oxygen atoms in total. The number of imide groups is 2. The van der Waals surface area contributed by atoms with E-state index in [0.29, 0.717) is 147 Å². The van der Waals surface area contributed by atoms with E-state index in [1.165, 1.54) is 0 Å². The molecule has 0 radical (unpaired) electrons. The summed E-state index contributed by atoms with van der Waals surface area (Å²) >= 11 is 6.23. The fraction of sp³-hybridized carbons (Fsp3) is 0.538. The molecule has 0 bridgehead atoms. The molecule has 4 aliphatic heterocycles. The Labute approximate surface area is 435 Å². The van der Waals surface area contributed by atoms with Crippen LogP contribution in [0, 0.1) is 0 Å². The van der Waals surface area contributed by atoms with Crippen LogP contribution < -0.4 is 21.3 Å². The fourth-order valence-corrected chi connectivity index (χ4v) is 9.89. The summed E-state index contributed by atoms with van der Waals surface area (Å²) in [7, 11) is 0. The van der Waals surface area contributed by atoms with Gasteiger partial charge in [0.1, 0.15) is 23.8 Å². The molecule has 2 aromatic carbocycles. The van der Waals surface area contributed by atoms with Crippen molar-refractivity contribution in [3.05, 3.63) is 88.3 Å². The van der Waals surface area contributed by atoms with Crippen LogP contribution in [0.5, 0.6) is 0 Å². The van der Waals surface area contributed by atoms with Gasteiger partial charge >= 0.3 is 0 Å². The number of piperazine rings is 1. The molecule has 0 spiro atoms. The van der Waals surface area contributed by atoms with E-state index in [9.17, 15) is 28.8 Å². The number of fused-ring (bicyclic) bond motifs is 2. The van der Waals surface area contributed by atoms with E-state index in [4.69, 9.17) is 41.0 Å². The molecular weight excluding hydrogens is 976 g/mol. The van der Waals surface area contributed by atoms with E-state index >= 15 is 0 Å². The minimum absolute atomic E-state index is 0.0580. The fourth-order valence-electron chi connectivity index (χ4n) is 9.76. The number of amides is 6. The highest BCUT2D eigenvalue weighted by atomic mass is 35.5. The predicted molar refractivity (Wildman–Crippen MR) is 272 cm³/mol. The Morgan fingerprint density at radius 3 is 2.14 bits per heavy atom. The molecule has 4 aliphatic rings. The summed E-state index contributed by atoms with van der Waals surface area (Å²) in [6.07, 6.45) is 6.62. The SMILES string of the molecule is NC1(C(=O)NC(CCN2CCN(C(=O)CCOCCOCCOCCOCCOCCCc3cccc4c3C(=O)N(C3CCC(=O)NC3=O)C4=O)CC2)c2ccc(Cl)cc2)CCN(c2ncnc3[nH]ccc23)CC1. The van der Waals surface area contributed by atoms with Gasteiger partial charge in [-0.1, -0.05) is 35.9 Å². The Bertz CT molecular complexity index is 2570. The van der Waals surface area contributed by atoms with E-state index in [0.717, 1.165) is 46.9 Å². The van der Waals surface area contributed by atoms with E-state index in [-0.39, 0.29) is 36.3 Å². The second-order valence-electron chi connectivity index (χ2n) is 18.9. The molecule has 0 saturated carbocycles. The molecule has 0 aliphatic carbocycles. The maximum atomic E-state index is 13.9. The average Bonchev–Trinajstić information content (AvgIpc) is 3.99. The van der Waals surface area contributed by atoms with Gasteiger partial charge in [-0.3, -0.25) is 43.9 Å². The van der Waals surface area contributed by atoms with Gasteiger partial charge in [0.05, 0.1) is 94.0 Å². The summed E-state index contributed by atoms with van der Waals surface area (Å²) in [4.78, 5) is 96.5. The first kappa shape index (κ1) is 54.4. The number of piperidine rings is 2. The van der Waals surface area contributed by atoms with Crippen molar-refractivity contribution in [3.63, 3.8) is 0 Å². The Morgan fingerprint density at radius 2 is 1.46 bits per heavy atom. The zero-order valence-corrected chi connectivity index (χ0v) is 42.5. The van der Waals surface area contributed by atoms with Gasteiger partial charge in [-0.25, -0.2) is 9.97 Å². The molecule has 5 N–H and O–H groups in total. The summed E-state index contributed by atoms with van der Waals surface area (Å²) in [6, 6.07) is 13.4. The normalized spacial score (nSPS) is 18.5. The van der Waals surface area contributed by atoms with Crippen LogP contribution >= 0.6 is 11.6 Å². The van der Waals surface area contributed by atoms with Gasteiger partial charge in [0.2, 0.25) is 23.6 Å². The number of hydrogen-bond acceptors (Lipinski definition) is 16. The van der Waals surface area contributed by atoms with Crippen LogP contribution in [0.2, 0.25) is 5.02 Å². The average molecular weight is 1040 g/mol. The molecule has 2 unspecified atom stereocenters. The van der Waals surface area contributed by atoms with Crippen LogP contribution in [0.1, 0.15) is 82.8 Å². The lowest BCUT2D eigenvalue weighted by Gasteiger charge is -2.39. The molecule has 8 rings (SSSR count). The highest BCUT2D eigenvalue weighted by Gasteiger charge is 2.45. The first-order chi connectivity index (χ1) is 36.0. The Balaban J connectivity index is 0.618. The summed E-state index contributed by atoms with van der Waals surface area (Å²) in [5.41, 5.74) is 8.83. The number of rotatable bonds is 27. The van der Waals surface area contributed by atoms with Crippen molar-refractivity contribution in [3.8, 4) is 0 Å². The molecule has 398 valence electrons. The lowest BCUT2D eigenvalue weighted by atomic mass is 9.87. The highest BCUT2D eigenvalue weighted by Crippen LogP contribution is 2.32. The molecule has 6 amide bonds.